The predicted molar refractivity (Wildman–Crippen MR) is 74.1 cm³/mol. The van der Waals surface area contributed by atoms with E-state index in [1.165, 1.54) is 31.2 Å². The normalized spacial score (nSPS) is 9.76. The van der Waals surface area contributed by atoms with Gasteiger partial charge in [-0.1, -0.05) is 12.6 Å². The monoisotopic (exact) mass is 292 g/mol. The van der Waals surface area contributed by atoms with E-state index < -0.39 is 17.9 Å². The molecule has 0 aliphatic carbocycles. The average Bonchev–Trinajstić information content (AvgIpc) is 2.46. The Morgan fingerprint density at radius 1 is 1.14 bits per heavy atom. The summed E-state index contributed by atoms with van der Waals surface area (Å²) in [5, 5.41) is 8.83. The fourth-order valence-electron chi connectivity index (χ4n) is 1.37. The van der Waals surface area contributed by atoms with Gasteiger partial charge in [-0.3, -0.25) is 0 Å². The van der Waals surface area contributed by atoms with Crippen molar-refractivity contribution in [3.05, 3.63) is 47.5 Å². The lowest BCUT2D eigenvalue weighted by Crippen LogP contribution is -2.11. The number of hydrogen-bond acceptors (Lipinski definition) is 5. The summed E-state index contributed by atoms with van der Waals surface area (Å²) < 4.78 is 9.79. The first-order valence-electron chi connectivity index (χ1n) is 6.25. The smallest absolute Gasteiger partial charge is 0.338 e. The molecule has 112 valence electrons. The van der Waals surface area contributed by atoms with Crippen LogP contribution in [0.25, 0.3) is 0 Å². The second-order valence-corrected chi connectivity index (χ2v) is 4.29. The molecule has 0 aromatic heterocycles. The zero-order valence-corrected chi connectivity index (χ0v) is 11.6. The number of aromatic carboxylic acids is 1. The first-order valence-corrected chi connectivity index (χ1v) is 6.25. The molecule has 0 radical (unpaired) electrons. The molecule has 1 rings (SSSR count). The van der Waals surface area contributed by atoms with E-state index in [1.54, 1.807) is 0 Å². The Morgan fingerprint density at radius 2 is 1.76 bits per heavy atom. The molecule has 0 saturated carbocycles. The number of carbonyl (C=O) groups is 3. The summed E-state index contributed by atoms with van der Waals surface area (Å²) in [5.74, 6) is -2.23. The molecule has 6 nitrogen and oxygen atoms in total. The van der Waals surface area contributed by atoms with Crippen molar-refractivity contribution in [1.29, 1.82) is 0 Å². The lowest BCUT2D eigenvalue weighted by Gasteiger charge is -2.06. The molecule has 21 heavy (non-hydrogen) atoms. The van der Waals surface area contributed by atoms with Crippen LogP contribution in [0.1, 0.15) is 34.1 Å². The number of hydrogen-bond donors (Lipinski definition) is 1. The van der Waals surface area contributed by atoms with Crippen molar-refractivity contribution in [2.24, 2.45) is 0 Å². The van der Waals surface area contributed by atoms with Gasteiger partial charge in [-0.15, -0.1) is 0 Å². The molecule has 1 aromatic carbocycles. The average molecular weight is 292 g/mol. The van der Waals surface area contributed by atoms with Crippen molar-refractivity contribution in [1.82, 2.24) is 0 Å². The number of carboxylic acids is 1. The first-order chi connectivity index (χ1) is 9.91. The lowest BCUT2D eigenvalue weighted by atomic mass is 10.1. The van der Waals surface area contributed by atoms with Crippen LogP contribution in [0.5, 0.6) is 0 Å². The van der Waals surface area contributed by atoms with E-state index in [1.807, 2.05) is 0 Å². The van der Waals surface area contributed by atoms with Crippen LogP contribution in [0.2, 0.25) is 0 Å². The van der Waals surface area contributed by atoms with Crippen LogP contribution in [0.15, 0.2) is 36.4 Å². The number of esters is 2. The molecule has 6 heteroatoms. The second-order valence-electron chi connectivity index (χ2n) is 4.29. The molecule has 0 heterocycles. The number of benzene rings is 1. The first kappa shape index (κ1) is 16.4. The SMILES string of the molecule is C=C(C)C(=O)OCCCOC(=O)c1cccc(C(=O)O)c1. The van der Waals surface area contributed by atoms with Gasteiger partial charge in [0, 0.05) is 12.0 Å². The van der Waals surface area contributed by atoms with Crippen LogP contribution >= 0.6 is 0 Å². The van der Waals surface area contributed by atoms with E-state index in [0.717, 1.165) is 0 Å². The Hall–Kier alpha value is -2.63. The molecule has 0 unspecified atom stereocenters. The summed E-state index contributed by atoms with van der Waals surface area (Å²) in [5.41, 5.74) is 0.478. The van der Waals surface area contributed by atoms with Crippen LogP contribution in [0.4, 0.5) is 0 Å². The molecular formula is C15H16O6. The van der Waals surface area contributed by atoms with Crippen LogP contribution < -0.4 is 0 Å². The van der Waals surface area contributed by atoms with Gasteiger partial charge in [0.05, 0.1) is 24.3 Å². The molecule has 0 amide bonds. The van der Waals surface area contributed by atoms with Gasteiger partial charge in [0.2, 0.25) is 0 Å². The molecule has 0 atom stereocenters. The van der Waals surface area contributed by atoms with Crippen molar-refractivity contribution < 1.29 is 29.0 Å². The molecule has 0 aliphatic heterocycles. The third kappa shape index (κ3) is 5.48. The van der Waals surface area contributed by atoms with Gasteiger partial charge >= 0.3 is 17.9 Å². The molecule has 0 aliphatic rings. The van der Waals surface area contributed by atoms with Crippen LogP contribution in [-0.4, -0.2) is 36.2 Å². The highest BCUT2D eigenvalue weighted by Crippen LogP contribution is 2.07. The van der Waals surface area contributed by atoms with Gasteiger partial charge in [0.15, 0.2) is 0 Å². The van der Waals surface area contributed by atoms with E-state index in [-0.39, 0.29) is 24.3 Å². The van der Waals surface area contributed by atoms with Crippen LogP contribution in [0, 0.1) is 0 Å². The van der Waals surface area contributed by atoms with E-state index in [9.17, 15) is 14.4 Å². The van der Waals surface area contributed by atoms with Crippen molar-refractivity contribution in [3.8, 4) is 0 Å². The van der Waals surface area contributed by atoms with Gasteiger partial charge in [0.1, 0.15) is 0 Å². The third-order valence-electron chi connectivity index (χ3n) is 2.45. The minimum Gasteiger partial charge on any atom is -0.478 e. The summed E-state index contributed by atoms with van der Waals surface area (Å²) in [6.07, 6.45) is 0.351. The van der Waals surface area contributed by atoms with E-state index in [2.05, 4.69) is 6.58 Å². The van der Waals surface area contributed by atoms with Gasteiger partial charge in [0.25, 0.3) is 0 Å². The van der Waals surface area contributed by atoms with Gasteiger partial charge in [-0.25, -0.2) is 14.4 Å². The Kier molecular flexibility index (Phi) is 6.13. The number of carbonyl (C=O) groups excluding carboxylic acids is 2. The van der Waals surface area contributed by atoms with E-state index >= 15 is 0 Å². The Labute approximate surface area is 122 Å². The summed E-state index contributed by atoms with van der Waals surface area (Å²) in [6.45, 7) is 5.16. The van der Waals surface area contributed by atoms with E-state index in [4.69, 9.17) is 14.6 Å². The molecule has 1 N–H and O–H groups in total. The fourth-order valence-corrected chi connectivity index (χ4v) is 1.37. The number of rotatable bonds is 7. The Bertz CT molecular complexity index is 561. The van der Waals surface area contributed by atoms with Crippen molar-refractivity contribution >= 4 is 17.9 Å². The quantitative estimate of drug-likeness (QED) is 0.470. The summed E-state index contributed by atoms with van der Waals surface area (Å²) in [7, 11) is 0. The standard InChI is InChI=1S/C15H16O6/c1-10(2)14(18)20-7-4-8-21-15(19)12-6-3-5-11(9-12)13(16)17/h3,5-6,9H,1,4,7-8H2,2H3,(H,16,17). The van der Waals surface area contributed by atoms with Gasteiger partial charge in [-0.05, 0) is 25.1 Å². The van der Waals surface area contributed by atoms with Gasteiger partial charge < -0.3 is 14.6 Å². The minimum atomic E-state index is -1.11. The van der Waals surface area contributed by atoms with E-state index in [0.29, 0.717) is 12.0 Å². The molecule has 0 fully saturated rings. The highest BCUT2D eigenvalue weighted by atomic mass is 16.5. The van der Waals surface area contributed by atoms with Crippen molar-refractivity contribution in [2.75, 3.05) is 13.2 Å². The molecule has 0 bridgehead atoms. The predicted octanol–water partition coefficient (Wildman–Crippen LogP) is 2.05. The van der Waals surface area contributed by atoms with Crippen molar-refractivity contribution in [2.45, 2.75) is 13.3 Å². The van der Waals surface area contributed by atoms with Crippen molar-refractivity contribution in [3.63, 3.8) is 0 Å². The Balaban J connectivity index is 2.37. The fraction of sp³-hybridized carbons (Fsp3) is 0.267. The molecule has 0 spiro atoms. The maximum Gasteiger partial charge on any atom is 0.338 e. The largest absolute Gasteiger partial charge is 0.478 e. The summed E-state index contributed by atoms with van der Waals surface area (Å²) in [4.78, 5) is 33.6. The summed E-state index contributed by atoms with van der Waals surface area (Å²) >= 11 is 0. The van der Waals surface area contributed by atoms with Gasteiger partial charge in [-0.2, -0.15) is 0 Å². The number of carboxylic acid groups (broad SMARTS) is 1. The molecule has 1 aromatic rings. The van der Waals surface area contributed by atoms with Crippen LogP contribution in [0.3, 0.4) is 0 Å². The zero-order valence-electron chi connectivity index (χ0n) is 11.6. The second kappa shape index (κ2) is 7.84. The summed E-state index contributed by atoms with van der Waals surface area (Å²) in [6, 6.07) is 5.56. The molecular weight excluding hydrogens is 276 g/mol. The lowest BCUT2D eigenvalue weighted by molar-refractivity contribution is -0.139. The molecule has 0 saturated heterocycles. The topological polar surface area (TPSA) is 89.9 Å². The highest BCUT2D eigenvalue weighted by Gasteiger charge is 2.10. The Morgan fingerprint density at radius 3 is 2.38 bits per heavy atom. The highest BCUT2D eigenvalue weighted by molar-refractivity contribution is 5.94. The zero-order chi connectivity index (χ0) is 15.8. The maximum atomic E-state index is 11.7. The number of ether oxygens (including phenoxy) is 2. The minimum absolute atomic E-state index is 0.0137. The maximum absolute atomic E-state index is 11.7. The third-order valence-corrected chi connectivity index (χ3v) is 2.45. The van der Waals surface area contributed by atoms with Crippen LogP contribution in [-0.2, 0) is 14.3 Å².